The van der Waals surface area contributed by atoms with Gasteiger partial charge in [-0.1, -0.05) is 13.8 Å². The Morgan fingerprint density at radius 3 is 2.61 bits per heavy atom. The molecule has 1 aromatic heterocycles. The maximum absolute atomic E-state index is 5.86. The van der Waals surface area contributed by atoms with Gasteiger partial charge in [-0.05, 0) is 26.2 Å². The number of anilines is 1. The van der Waals surface area contributed by atoms with Crippen LogP contribution in [0.1, 0.15) is 32.9 Å². The number of hydrogen-bond acceptors (Lipinski definition) is 5. The van der Waals surface area contributed by atoms with Gasteiger partial charge in [-0.3, -0.25) is 0 Å². The van der Waals surface area contributed by atoms with Gasteiger partial charge in [-0.15, -0.1) is 0 Å². The van der Waals surface area contributed by atoms with E-state index in [0.29, 0.717) is 24.3 Å². The molecule has 0 amide bonds. The quantitative estimate of drug-likeness (QED) is 0.809. The van der Waals surface area contributed by atoms with E-state index >= 15 is 0 Å². The molecule has 3 N–H and O–H groups in total. The molecule has 0 radical (unpaired) electrons. The Bertz CT molecular complexity index is 395. The Morgan fingerprint density at radius 1 is 1.44 bits per heavy atom. The van der Waals surface area contributed by atoms with Gasteiger partial charge < -0.3 is 15.8 Å². The fourth-order valence-electron chi connectivity index (χ4n) is 2.06. The van der Waals surface area contributed by atoms with Crippen molar-refractivity contribution in [1.82, 2.24) is 9.97 Å². The summed E-state index contributed by atoms with van der Waals surface area (Å²) in [5.74, 6) is 1.69. The van der Waals surface area contributed by atoms with Crippen molar-refractivity contribution < 1.29 is 4.74 Å². The van der Waals surface area contributed by atoms with Crippen molar-refractivity contribution in [3.63, 3.8) is 0 Å². The molecule has 1 rings (SSSR count). The van der Waals surface area contributed by atoms with Gasteiger partial charge in [-0.25, -0.2) is 4.98 Å². The summed E-state index contributed by atoms with van der Waals surface area (Å²) in [6.45, 7) is 8.88. The predicted octanol–water partition coefficient (Wildman–Crippen LogP) is 1.97. The van der Waals surface area contributed by atoms with Crippen LogP contribution in [0, 0.1) is 12.8 Å². The topological polar surface area (TPSA) is 73.1 Å². The molecule has 0 fully saturated rings. The third kappa shape index (κ3) is 4.14. The second kappa shape index (κ2) is 6.00. The molecule has 0 spiro atoms. The van der Waals surface area contributed by atoms with Gasteiger partial charge in [0.2, 0.25) is 11.8 Å². The average molecular weight is 252 g/mol. The van der Waals surface area contributed by atoms with Crippen LogP contribution in [0.15, 0.2) is 6.07 Å². The van der Waals surface area contributed by atoms with Gasteiger partial charge in [-0.2, -0.15) is 4.98 Å². The first-order chi connectivity index (χ1) is 8.38. The second-order valence-electron chi connectivity index (χ2n) is 5.36. The smallest absolute Gasteiger partial charge is 0.226 e. The minimum atomic E-state index is -0.201. The molecule has 1 unspecified atom stereocenters. The Morgan fingerprint density at radius 2 is 2.11 bits per heavy atom. The third-order valence-corrected chi connectivity index (χ3v) is 2.76. The van der Waals surface area contributed by atoms with E-state index in [1.807, 2.05) is 6.92 Å². The third-order valence-electron chi connectivity index (χ3n) is 2.76. The molecule has 1 atom stereocenters. The van der Waals surface area contributed by atoms with Gasteiger partial charge in [0, 0.05) is 23.8 Å². The zero-order valence-corrected chi connectivity index (χ0v) is 11.9. The minimum absolute atomic E-state index is 0.201. The average Bonchev–Trinajstić information content (AvgIpc) is 2.26. The molecule has 0 bridgehead atoms. The predicted molar refractivity (Wildman–Crippen MR) is 73.9 cm³/mol. The molecule has 1 heterocycles. The first kappa shape index (κ1) is 14.7. The zero-order chi connectivity index (χ0) is 13.8. The van der Waals surface area contributed by atoms with Crippen molar-refractivity contribution in [3.05, 3.63) is 11.8 Å². The van der Waals surface area contributed by atoms with E-state index < -0.39 is 0 Å². The fraction of sp³-hybridized carbons (Fsp3) is 0.692. The van der Waals surface area contributed by atoms with Crippen LogP contribution < -0.4 is 15.8 Å². The van der Waals surface area contributed by atoms with Gasteiger partial charge in [0.25, 0.3) is 0 Å². The molecule has 1 aromatic rings. The molecule has 0 aliphatic carbocycles. The van der Waals surface area contributed by atoms with Crippen molar-refractivity contribution in [2.24, 2.45) is 11.7 Å². The highest BCUT2D eigenvalue weighted by Crippen LogP contribution is 2.21. The molecule has 102 valence electrons. The lowest BCUT2D eigenvalue weighted by Crippen LogP contribution is -2.44. The molecule has 0 saturated carbocycles. The van der Waals surface area contributed by atoms with E-state index in [0.717, 1.165) is 12.1 Å². The number of methoxy groups -OCH3 is 1. The Kier molecular flexibility index (Phi) is 4.90. The highest BCUT2D eigenvalue weighted by Gasteiger charge is 2.24. The Hall–Kier alpha value is -1.36. The number of hydrogen-bond donors (Lipinski definition) is 2. The van der Waals surface area contributed by atoms with Crippen LogP contribution in [-0.2, 0) is 0 Å². The van der Waals surface area contributed by atoms with Gasteiger partial charge >= 0.3 is 0 Å². The largest absolute Gasteiger partial charge is 0.481 e. The van der Waals surface area contributed by atoms with Crippen LogP contribution in [0.5, 0.6) is 5.88 Å². The highest BCUT2D eigenvalue weighted by atomic mass is 16.5. The summed E-state index contributed by atoms with van der Waals surface area (Å²) in [7, 11) is 1.60. The van der Waals surface area contributed by atoms with Crippen LogP contribution in [0.3, 0.4) is 0 Å². The number of nitrogens with zero attached hydrogens (tertiary/aromatic N) is 2. The molecule has 0 aromatic carbocycles. The Labute approximate surface area is 109 Å². The fourth-order valence-corrected chi connectivity index (χ4v) is 2.06. The number of nitrogens with two attached hydrogens (primary N) is 1. The van der Waals surface area contributed by atoms with Crippen molar-refractivity contribution in [2.45, 2.75) is 39.7 Å². The van der Waals surface area contributed by atoms with E-state index in [1.54, 1.807) is 13.2 Å². The SMILES string of the molecule is COc1cc(C)nc(NC(C)(CN)CC(C)C)n1. The summed E-state index contributed by atoms with van der Waals surface area (Å²) >= 11 is 0. The lowest BCUT2D eigenvalue weighted by atomic mass is 9.91. The van der Waals surface area contributed by atoms with Gasteiger partial charge in [0.15, 0.2) is 0 Å². The molecule has 5 nitrogen and oxygen atoms in total. The molecule has 0 aliphatic rings. The van der Waals surface area contributed by atoms with E-state index in [2.05, 4.69) is 36.1 Å². The molecule has 18 heavy (non-hydrogen) atoms. The van der Waals surface area contributed by atoms with E-state index in [4.69, 9.17) is 10.5 Å². The van der Waals surface area contributed by atoms with Crippen LogP contribution in [-0.4, -0.2) is 29.2 Å². The normalized spacial score (nSPS) is 14.4. The summed E-state index contributed by atoms with van der Waals surface area (Å²) in [6.07, 6.45) is 0.961. The maximum Gasteiger partial charge on any atom is 0.226 e. The molecular weight excluding hydrogens is 228 g/mol. The van der Waals surface area contributed by atoms with Crippen LogP contribution in [0.4, 0.5) is 5.95 Å². The first-order valence-electron chi connectivity index (χ1n) is 6.26. The molecule has 0 aliphatic heterocycles. The first-order valence-corrected chi connectivity index (χ1v) is 6.26. The van der Waals surface area contributed by atoms with E-state index in [-0.39, 0.29) is 5.54 Å². The van der Waals surface area contributed by atoms with Crippen molar-refractivity contribution >= 4 is 5.95 Å². The number of aryl methyl sites for hydroxylation is 1. The molecule has 0 saturated heterocycles. The minimum Gasteiger partial charge on any atom is -0.481 e. The monoisotopic (exact) mass is 252 g/mol. The van der Waals surface area contributed by atoms with Crippen molar-refractivity contribution in [2.75, 3.05) is 19.0 Å². The lowest BCUT2D eigenvalue weighted by molar-refractivity contribution is 0.390. The summed E-state index contributed by atoms with van der Waals surface area (Å²) in [5.41, 5.74) is 6.53. The summed E-state index contributed by atoms with van der Waals surface area (Å²) < 4.78 is 5.14. The number of rotatable bonds is 6. The second-order valence-corrected chi connectivity index (χ2v) is 5.36. The van der Waals surface area contributed by atoms with Crippen molar-refractivity contribution in [3.8, 4) is 5.88 Å². The summed E-state index contributed by atoms with van der Waals surface area (Å²) in [4.78, 5) is 8.66. The van der Waals surface area contributed by atoms with Crippen LogP contribution in [0.2, 0.25) is 0 Å². The molecular formula is C13H24N4O. The highest BCUT2D eigenvalue weighted by molar-refractivity contribution is 5.33. The number of ether oxygens (including phenoxy) is 1. The lowest BCUT2D eigenvalue weighted by Gasteiger charge is -2.31. The van der Waals surface area contributed by atoms with Gasteiger partial charge in [0.1, 0.15) is 0 Å². The summed E-state index contributed by atoms with van der Waals surface area (Å²) in [6, 6.07) is 1.80. The maximum atomic E-state index is 5.86. The zero-order valence-electron chi connectivity index (χ0n) is 11.9. The van der Waals surface area contributed by atoms with Crippen LogP contribution >= 0.6 is 0 Å². The Balaban J connectivity index is 2.90. The van der Waals surface area contributed by atoms with Crippen LogP contribution in [0.25, 0.3) is 0 Å². The summed E-state index contributed by atoms with van der Waals surface area (Å²) in [5, 5.41) is 3.32. The standard InChI is InChI=1S/C13H24N4O/c1-9(2)7-13(4,8-14)17-12-15-10(3)6-11(16-12)18-5/h6,9H,7-8,14H2,1-5H3,(H,15,16,17). The number of nitrogens with one attached hydrogen (secondary N) is 1. The van der Waals surface area contributed by atoms with E-state index in [9.17, 15) is 0 Å². The van der Waals surface area contributed by atoms with E-state index in [1.165, 1.54) is 0 Å². The van der Waals surface area contributed by atoms with Crippen molar-refractivity contribution in [1.29, 1.82) is 0 Å². The number of aromatic nitrogens is 2. The molecule has 5 heteroatoms. The van der Waals surface area contributed by atoms with Gasteiger partial charge in [0.05, 0.1) is 7.11 Å².